The van der Waals surface area contributed by atoms with Crippen molar-refractivity contribution in [1.29, 1.82) is 0 Å². The Morgan fingerprint density at radius 2 is 2.25 bits per heavy atom. The van der Waals surface area contributed by atoms with Crippen molar-refractivity contribution in [1.82, 2.24) is 15.1 Å². The second kappa shape index (κ2) is 4.78. The maximum Gasteiger partial charge on any atom is 0.326 e. The van der Waals surface area contributed by atoms with Crippen molar-refractivity contribution in [2.45, 2.75) is 26.3 Å². The highest BCUT2D eigenvalue weighted by molar-refractivity contribution is 5.97. The third-order valence-electron chi connectivity index (χ3n) is 2.27. The van der Waals surface area contributed by atoms with E-state index in [1.165, 1.54) is 4.68 Å². The van der Waals surface area contributed by atoms with Gasteiger partial charge in [0.1, 0.15) is 6.04 Å². The fraction of sp³-hybridized carbons (Fsp3) is 0.500. The number of carbonyl (C=O) groups excluding carboxylic acids is 1. The van der Waals surface area contributed by atoms with Gasteiger partial charge in [0.25, 0.3) is 5.91 Å². The van der Waals surface area contributed by atoms with E-state index in [2.05, 4.69) is 10.4 Å². The molecule has 0 fully saturated rings. The molecule has 0 saturated heterocycles. The molecule has 1 aromatic rings. The molecule has 6 nitrogen and oxygen atoms in total. The van der Waals surface area contributed by atoms with Gasteiger partial charge >= 0.3 is 5.97 Å². The van der Waals surface area contributed by atoms with E-state index < -0.39 is 17.9 Å². The minimum absolute atomic E-state index is 0.348. The summed E-state index contributed by atoms with van der Waals surface area (Å²) < 4.78 is 1.52. The molecular formula is C10H15N3O3. The lowest BCUT2D eigenvalue weighted by Gasteiger charge is -2.11. The largest absolute Gasteiger partial charge is 0.480 e. The smallest absolute Gasteiger partial charge is 0.326 e. The van der Waals surface area contributed by atoms with Crippen LogP contribution in [0.5, 0.6) is 0 Å². The number of aromatic nitrogens is 2. The normalized spacial score (nSPS) is 12.2. The Hall–Kier alpha value is -1.85. The molecule has 2 N–H and O–H groups in total. The van der Waals surface area contributed by atoms with Crippen LogP contribution in [-0.2, 0) is 11.8 Å². The first-order chi connectivity index (χ1) is 7.45. The quantitative estimate of drug-likeness (QED) is 0.773. The number of carboxylic acids is 1. The average molecular weight is 225 g/mol. The lowest BCUT2D eigenvalue weighted by atomic mass is 10.2. The number of carboxylic acid groups (broad SMARTS) is 1. The van der Waals surface area contributed by atoms with Crippen molar-refractivity contribution in [3.63, 3.8) is 0 Å². The molecule has 0 saturated carbocycles. The number of aryl methyl sites for hydroxylation is 2. The Labute approximate surface area is 93.3 Å². The summed E-state index contributed by atoms with van der Waals surface area (Å²) in [6.07, 6.45) is 1.92. The molecule has 1 unspecified atom stereocenters. The SMILES string of the molecule is CCC(NC(=O)c1cn(C)nc1C)C(=O)O. The van der Waals surface area contributed by atoms with Crippen LogP contribution in [0.3, 0.4) is 0 Å². The molecule has 6 heteroatoms. The summed E-state index contributed by atoms with van der Waals surface area (Å²) in [5.74, 6) is -1.43. The molecule has 0 bridgehead atoms. The highest BCUT2D eigenvalue weighted by atomic mass is 16.4. The molecule has 0 spiro atoms. The topological polar surface area (TPSA) is 84.2 Å². The number of amides is 1. The maximum atomic E-state index is 11.7. The minimum atomic E-state index is -1.03. The Morgan fingerprint density at radius 1 is 1.62 bits per heavy atom. The van der Waals surface area contributed by atoms with E-state index in [-0.39, 0.29) is 0 Å². The van der Waals surface area contributed by atoms with Crippen LogP contribution in [0.2, 0.25) is 0 Å². The molecule has 1 aromatic heterocycles. The van der Waals surface area contributed by atoms with Crippen LogP contribution in [0.1, 0.15) is 29.4 Å². The maximum absolute atomic E-state index is 11.7. The van der Waals surface area contributed by atoms with Gasteiger partial charge in [0.05, 0.1) is 11.3 Å². The summed E-state index contributed by atoms with van der Waals surface area (Å²) in [6, 6.07) is -0.855. The number of nitrogens with zero attached hydrogens (tertiary/aromatic N) is 2. The standard InChI is InChI=1S/C10H15N3O3/c1-4-8(10(15)16)11-9(14)7-5-13(3)12-6(7)2/h5,8H,4H2,1-3H3,(H,11,14)(H,15,16). The third-order valence-corrected chi connectivity index (χ3v) is 2.27. The Balaban J connectivity index is 2.79. The highest BCUT2D eigenvalue weighted by Gasteiger charge is 2.20. The van der Waals surface area contributed by atoms with E-state index in [1.807, 2.05) is 0 Å². The third kappa shape index (κ3) is 2.59. The summed E-state index contributed by atoms with van der Waals surface area (Å²) in [4.78, 5) is 22.5. The number of nitrogens with one attached hydrogen (secondary N) is 1. The first-order valence-corrected chi connectivity index (χ1v) is 4.99. The van der Waals surface area contributed by atoms with Crippen LogP contribution < -0.4 is 5.32 Å². The summed E-state index contributed by atoms with van der Waals surface area (Å²) >= 11 is 0. The molecule has 0 aliphatic rings. The van der Waals surface area contributed by atoms with Crippen molar-refractivity contribution >= 4 is 11.9 Å². The molecule has 1 atom stereocenters. The van der Waals surface area contributed by atoms with Crippen molar-refractivity contribution in [2.24, 2.45) is 7.05 Å². The van der Waals surface area contributed by atoms with Gasteiger partial charge in [-0.1, -0.05) is 6.92 Å². The summed E-state index contributed by atoms with van der Waals surface area (Å²) in [5, 5.41) is 15.3. The molecule has 1 heterocycles. The second-order valence-electron chi connectivity index (χ2n) is 3.57. The van der Waals surface area contributed by atoms with E-state index in [0.717, 1.165) is 0 Å². The van der Waals surface area contributed by atoms with E-state index in [0.29, 0.717) is 17.7 Å². The van der Waals surface area contributed by atoms with Crippen LogP contribution in [0.4, 0.5) is 0 Å². The Morgan fingerprint density at radius 3 is 2.62 bits per heavy atom. The summed E-state index contributed by atoms with van der Waals surface area (Å²) in [6.45, 7) is 3.41. The van der Waals surface area contributed by atoms with Gasteiger partial charge in [-0.15, -0.1) is 0 Å². The molecule has 0 aliphatic heterocycles. The van der Waals surface area contributed by atoms with Crippen molar-refractivity contribution < 1.29 is 14.7 Å². The number of hydrogen-bond donors (Lipinski definition) is 2. The second-order valence-corrected chi connectivity index (χ2v) is 3.57. The van der Waals surface area contributed by atoms with Crippen LogP contribution in [0.15, 0.2) is 6.20 Å². The monoisotopic (exact) mass is 225 g/mol. The zero-order chi connectivity index (χ0) is 12.3. The molecule has 1 rings (SSSR count). The van der Waals surface area contributed by atoms with Crippen molar-refractivity contribution in [2.75, 3.05) is 0 Å². The summed E-state index contributed by atoms with van der Waals surface area (Å²) in [5.41, 5.74) is 0.988. The van der Waals surface area contributed by atoms with Gasteiger partial charge in [0.15, 0.2) is 0 Å². The molecule has 1 amide bonds. The van der Waals surface area contributed by atoms with E-state index in [1.54, 1.807) is 27.1 Å². The Kier molecular flexibility index (Phi) is 3.65. The first kappa shape index (κ1) is 12.2. The highest BCUT2D eigenvalue weighted by Crippen LogP contribution is 2.05. The van der Waals surface area contributed by atoms with Crippen molar-refractivity contribution in [3.05, 3.63) is 17.5 Å². The van der Waals surface area contributed by atoms with Crippen LogP contribution >= 0.6 is 0 Å². The molecule has 0 radical (unpaired) electrons. The summed E-state index contributed by atoms with van der Waals surface area (Å²) in [7, 11) is 1.71. The lowest BCUT2D eigenvalue weighted by molar-refractivity contribution is -0.139. The predicted octanol–water partition coefficient (Wildman–Crippen LogP) is 0.322. The minimum Gasteiger partial charge on any atom is -0.480 e. The zero-order valence-corrected chi connectivity index (χ0v) is 9.52. The molecule has 88 valence electrons. The van der Waals surface area contributed by atoms with Gasteiger partial charge in [-0.05, 0) is 13.3 Å². The molecule has 0 aliphatic carbocycles. The average Bonchev–Trinajstić information content (AvgIpc) is 2.53. The van der Waals surface area contributed by atoms with Crippen LogP contribution in [0, 0.1) is 6.92 Å². The van der Waals surface area contributed by atoms with Crippen LogP contribution in [-0.4, -0.2) is 32.8 Å². The predicted molar refractivity (Wildman–Crippen MR) is 57.1 cm³/mol. The van der Waals surface area contributed by atoms with Gasteiger partial charge in [0.2, 0.25) is 0 Å². The molecular weight excluding hydrogens is 210 g/mol. The van der Waals surface area contributed by atoms with Gasteiger partial charge < -0.3 is 10.4 Å². The number of rotatable bonds is 4. The van der Waals surface area contributed by atoms with Gasteiger partial charge in [0, 0.05) is 13.2 Å². The molecule has 16 heavy (non-hydrogen) atoms. The van der Waals surface area contributed by atoms with E-state index >= 15 is 0 Å². The van der Waals surface area contributed by atoms with Gasteiger partial charge in [-0.25, -0.2) is 4.79 Å². The first-order valence-electron chi connectivity index (χ1n) is 4.99. The molecule has 0 aromatic carbocycles. The van der Waals surface area contributed by atoms with E-state index in [4.69, 9.17) is 5.11 Å². The lowest BCUT2D eigenvalue weighted by Crippen LogP contribution is -2.40. The van der Waals surface area contributed by atoms with Gasteiger partial charge in [-0.2, -0.15) is 5.10 Å². The van der Waals surface area contributed by atoms with Gasteiger partial charge in [-0.3, -0.25) is 9.48 Å². The Bertz CT molecular complexity index is 411. The number of aliphatic carboxylic acids is 1. The number of hydrogen-bond acceptors (Lipinski definition) is 3. The van der Waals surface area contributed by atoms with E-state index in [9.17, 15) is 9.59 Å². The fourth-order valence-electron chi connectivity index (χ4n) is 1.40. The van der Waals surface area contributed by atoms with Crippen molar-refractivity contribution in [3.8, 4) is 0 Å². The zero-order valence-electron chi connectivity index (χ0n) is 9.52. The number of carbonyl (C=O) groups is 2. The fourth-order valence-corrected chi connectivity index (χ4v) is 1.40. The van der Waals surface area contributed by atoms with Crippen LogP contribution in [0.25, 0.3) is 0 Å².